The van der Waals surface area contributed by atoms with Gasteiger partial charge in [0, 0.05) is 17.1 Å². The highest BCUT2D eigenvalue weighted by molar-refractivity contribution is 7.97. The monoisotopic (exact) mass is 192 g/mol. The summed E-state index contributed by atoms with van der Waals surface area (Å²) in [6.07, 6.45) is 1.93. The molecular weight excluding hydrogens is 180 g/mol. The maximum atomic E-state index is 3.79. The van der Waals surface area contributed by atoms with Crippen LogP contribution in [0.1, 0.15) is 0 Å². The van der Waals surface area contributed by atoms with Crippen LogP contribution in [0.15, 0.2) is 41.8 Å². The molecule has 0 bridgehead atoms. The van der Waals surface area contributed by atoms with Gasteiger partial charge in [-0.25, -0.2) is 0 Å². The van der Waals surface area contributed by atoms with Gasteiger partial charge in [0.2, 0.25) is 0 Å². The quantitative estimate of drug-likeness (QED) is 0.527. The van der Waals surface area contributed by atoms with E-state index in [4.69, 9.17) is 0 Å². The molecule has 0 amide bonds. The zero-order valence-electron chi connectivity index (χ0n) is 7.29. The highest BCUT2D eigenvalue weighted by atomic mass is 32.2. The Bertz CT molecular complexity index is 312. The Labute approximate surface area is 82.6 Å². The van der Waals surface area contributed by atoms with E-state index < -0.39 is 0 Å². The van der Waals surface area contributed by atoms with E-state index in [0.717, 1.165) is 6.54 Å². The molecule has 0 saturated carbocycles. The first-order valence-electron chi connectivity index (χ1n) is 4.28. The molecule has 0 fully saturated rings. The fourth-order valence-electron chi connectivity index (χ4n) is 1.28. The van der Waals surface area contributed by atoms with Gasteiger partial charge in [0.25, 0.3) is 0 Å². The average molecular weight is 192 g/mol. The predicted octanol–water partition coefficient (Wildman–Crippen LogP) is 2.26. The van der Waals surface area contributed by atoms with Crippen molar-refractivity contribution in [3.8, 4) is 0 Å². The first kappa shape index (κ1) is 8.66. The summed E-state index contributed by atoms with van der Waals surface area (Å²) < 4.78 is 3.29. The molecule has 2 rings (SSSR count). The minimum Gasteiger partial charge on any atom is -0.377 e. The van der Waals surface area contributed by atoms with Gasteiger partial charge in [-0.15, -0.1) is 6.58 Å². The van der Waals surface area contributed by atoms with Crippen molar-refractivity contribution in [2.45, 2.75) is 10.9 Å². The Kier molecular flexibility index (Phi) is 2.57. The van der Waals surface area contributed by atoms with Crippen LogP contribution in [0.2, 0.25) is 0 Å². The Hall–Kier alpha value is -0.930. The summed E-state index contributed by atoms with van der Waals surface area (Å²) in [4.78, 5) is 1.24. The second-order valence-corrected chi connectivity index (χ2v) is 3.87. The summed E-state index contributed by atoms with van der Waals surface area (Å²) >= 11 is 1.67. The van der Waals surface area contributed by atoms with Gasteiger partial charge in [0.1, 0.15) is 0 Å². The van der Waals surface area contributed by atoms with Gasteiger partial charge in [0.15, 0.2) is 0 Å². The predicted molar refractivity (Wildman–Crippen MR) is 57.9 cm³/mol. The van der Waals surface area contributed by atoms with Gasteiger partial charge in [-0.3, -0.25) is 4.72 Å². The molecule has 0 aliphatic carbocycles. The number of hydrogen-bond donors (Lipinski definition) is 2. The highest BCUT2D eigenvalue weighted by Crippen LogP contribution is 2.27. The molecule has 3 heteroatoms. The third-order valence-corrected chi connectivity index (χ3v) is 2.88. The third-order valence-electron chi connectivity index (χ3n) is 2.00. The summed E-state index contributed by atoms with van der Waals surface area (Å²) in [5, 5.41) is 3.41. The minimum absolute atomic E-state index is 0.316. The molecule has 1 aliphatic heterocycles. The molecule has 68 valence electrons. The lowest BCUT2D eigenvalue weighted by molar-refractivity contribution is 0.842. The van der Waals surface area contributed by atoms with Crippen LogP contribution in [0.25, 0.3) is 0 Å². The largest absolute Gasteiger partial charge is 0.377 e. The van der Waals surface area contributed by atoms with Gasteiger partial charge in [0.05, 0.1) is 6.04 Å². The van der Waals surface area contributed by atoms with E-state index in [9.17, 15) is 0 Å². The van der Waals surface area contributed by atoms with Crippen molar-refractivity contribution in [3.63, 3.8) is 0 Å². The maximum Gasteiger partial charge on any atom is 0.0576 e. The van der Waals surface area contributed by atoms with E-state index >= 15 is 0 Å². The van der Waals surface area contributed by atoms with E-state index in [1.54, 1.807) is 11.9 Å². The summed E-state index contributed by atoms with van der Waals surface area (Å²) in [6.45, 7) is 4.69. The summed E-state index contributed by atoms with van der Waals surface area (Å²) in [5.74, 6) is 0. The Morgan fingerprint density at radius 3 is 3.15 bits per heavy atom. The standard InChI is InChI=1S/C10H12N2S/c1-2-8-7-11-13-10-6-4-3-5-9(10)12-8/h2-6,8,11-12H,1,7H2. The lowest BCUT2D eigenvalue weighted by Crippen LogP contribution is -2.25. The van der Waals surface area contributed by atoms with Crippen molar-refractivity contribution < 1.29 is 0 Å². The molecule has 1 heterocycles. The second kappa shape index (κ2) is 3.85. The lowest BCUT2D eigenvalue weighted by Gasteiger charge is -2.12. The lowest BCUT2D eigenvalue weighted by atomic mass is 10.2. The topological polar surface area (TPSA) is 24.1 Å². The van der Waals surface area contributed by atoms with E-state index in [-0.39, 0.29) is 0 Å². The number of para-hydroxylation sites is 1. The van der Waals surface area contributed by atoms with Crippen molar-refractivity contribution in [2.75, 3.05) is 11.9 Å². The Balaban J connectivity index is 2.28. The van der Waals surface area contributed by atoms with Gasteiger partial charge in [-0.1, -0.05) is 18.2 Å². The molecule has 1 atom stereocenters. The van der Waals surface area contributed by atoms with Crippen LogP contribution in [0.3, 0.4) is 0 Å². The molecule has 1 aromatic carbocycles. The molecule has 1 aromatic rings. The van der Waals surface area contributed by atoms with Crippen molar-refractivity contribution in [3.05, 3.63) is 36.9 Å². The summed E-state index contributed by atoms with van der Waals surface area (Å²) in [7, 11) is 0. The molecule has 0 aromatic heterocycles. The van der Waals surface area contributed by atoms with Crippen LogP contribution in [0.4, 0.5) is 5.69 Å². The first-order chi connectivity index (χ1) is 6.40. The van der Waals surface area contributed by atoms with Crippen molar-refractivity contribution in [1.82, 2.24) is 4.72 Å². The first-order valence-corrected chi connectivity index (χ1v) is 5.09. The SMILES string of the molecule is C=CC1CNSc2ccccc2N1. The molecule has 0 radical (unpaired) electrons. The van der Waals surface area contributed by atoms with Gasteiger partial charge in [-0.05, 0) is 24.1 Å². The number of hydrogen-bond acceptors (Lipinski definition) is 3. The Morgan fingerprint density at radius 2 is 2.31 bits per heavy atom. The Morgan fingerprint density at radius 1 is 1.46 bits per heavy atom. The molecule has 0 saturated heterocycles. The zero-order valence-corrected chi connectivity index (χ0v) is 8.10. The minimum atomic E-state index is 0.316. The summed E-state index contributed by atoms with van der Waals surface area (Å²) in [6, 6.07) is 8.59. The number of benzene rings is 1. The number of anilines is 1. The molecule has 0 spiro atoms. The number of fused-ring (bicyclic) bond motifs is 1. The fourth-order valence-corrected chi connectivity index (χ4v) is 2.08. The zero-order chi connectivity index (χ0) is 9.10. The number of rotatable bonds is 1. The molecular formula is C10H12N2S. The molecule has 1 unspecified atom stereocenters. The molecule has 2 N–H and O–H groups in total. The molecule has 1 aliphatic rings. The normalized spacial score (nSPS) is 21.1. The van der Waals surface area contributed by atoms with E-state index in [0.29, 0.717) is 6.04 Å². The van der Waals surface area contributed by atoms with Crippen LogP contribution < -0.4 is 10.0 Å². The van der Waals surface area contributed by atoms with Gasteiger partial charge < -0.3 is 5.32 Å². The molecule has 13 heavy (non-hydrogen) atoms. The second-order valence-electron chi connectivity index (χ2n) is 2.93. The van der Waals surface area contributed by atoms with E-state index in [1.807, 2.05) is 18.2 Å². The smallest absolute Gasteiger partial charge is 0.0576 e. The third kappa shape index (κ3) is 1.87. The van der Waals surface area contributed by atoms with Crippen LogP contribution in [0.5, 0.6) is 0 Å². The van der Waals surface area contributed by atoms with Crippen LogP contribution in [-0.2, 0) is 0 Å². The van der Waals surface area contributed by atoms with Crippen molar-refractivity contribution >= 4 is 17.6 Å². The van der Waals surface area contributed by atoms with Crippen LogP contribution in [-0.4, -0.2) is 12.6 Å². The fraction of sp³-hybridized carbons (Fsp3) is 0.200. The van der Waals surface area contributed by atoms with Gasteiger partial charge >= 0.3 is 0 Å². The number of nitrogens with one attached hydrogen (secondary N) is 2. The summed E-state index contributed by atoms with van der Waals surface area (Å²) in [5.41, 5.74) is 1.18. The van der Waals surface area contributed by atoms with Gasteiger partial charge in [-0.2, -0.15) is 0 Å². The highest BCUT2D eigenvalue weighted by Gasteiger charge is 2.11. The van der Waals surface area contributed by atoms with Crippen LogP contribution >= 0.6 is 11.9 Å². The molecule has 2 nitrogen and oxygen atoms in total. The van der Waals surface area contributed by atoms with E-state index in [1.165, 1.54) is 10.6 Å². The maximum absolute atomic E-state index is 3.79. The van der Waals surface area contributed by atoms with Crippen molar-refractivity contribution in [2.24, 2.45) is 0 Å². The van der Waals surface area contributed by atoms with Crippen LogP contribution in [0, 0.1) is 0 Å². The average Bonchev–Trinajstić information content (AvgIpc) is 2.38. The van der Waals surface area contributed by atoms with Crippen molar-refractivity contribution in [1.29, 1.82) is 0 Å². The van der Waals surface area contributed by atoms with E-state index in [2.05, 4.69) is 28.8 Å².